The highest BCUT2D eigenvalue weighted by atomic mass is 16.6. The summed E-state index contributed by atoms with van der Waals surface area (Å²) in [5.74, 6) is 0.485. The lowest BCUT2D eigenvalue weighted by Crippen LogP contribution is -2.43. The maximum absolute atomic E-state index is 11.8. The molecule has 5 heteroatoms. The predicted octanol–water partition coefficient (Wildman–Crippen LogP) is 3.31. The molecule has 0 aliphatic carbocycles. The highest BCUT2D eigenvalue weighted by Crippen LogP contribution is 2.25. The van der Waals surface area contributed by atoms with Gasteiger partial charge in [-0.25, -0.2) is 4.79 Å². The van der Waals surface area contributed by atoms with Crippen molar-refractivity contribution in [2.75, 3.05) is 19.6 Å². The molecule has 1 amide bonds. The number of aromatic amines is 1. The first-order valence-electron chi connectivity index (χ1n) is 8.19. The zero-order valence-corrected chi connectivity index (χ0v) is 14.2. The summed E-state index contributed by atoms with van der Waals surface area (Å²) in [7, 11) is 0. The molecule has 0 spiro atoms. The van der Waals surface area contributed by atoms with Gasteiger partial charge in [-0.3, -0.25) is 4.90 Å². The third-order valence-corrected chi connectivity index (χ3v) is 4.10. The van der Waals surface area contributed by atoms with E-state index in [4.69, 9.17) is 4.74 Å². The number of alkyl carbamates (subject to hydrolysis) is 1. The van der Waals surface area contributed by atoms with Crippen LogP contribution in [0.15, 0.2) is 18.3 Å². The lowest BCUT2D eigenvalue weighted by Gasteiger charge is -2.36. The monoisotopic (exact) mass is 307 g/mol. The third kappa shape index (κ3) is 5.05. The maximum Gasteiger partial charge on any atom is 0.407 e. The summed E-state index contributed by atoms with van der Waals surface area (Å²) in [5, 5.41) is 2.91. The number of piperidine rings is 1. The molecular formula is C17H29N3O2. The molecule has 0 aromatic carbocycles. The molecule has 1 saturated heterocycles. The number of carbonyl (C=O) groups is 1. The second kappa shape index (κ2) is 7.18. The van der Waals surface area contributed by atoms with Crippen LogP contribution in [0.1, 0.15) is 52.3 Å². The van der Waals surface area contributed by atoms with Gasteiger partial charge in [0.15, 0.2) is 0 Å². The molecule has 2 heterocycles. The number of H-pyrrole nitrogens is 1. The Morgan fingerprint density at radius 1 is 1.55 bits per heavy atom. The fourth-order valence-corrected chi connectivity index (χ4v) is 2.96. The molecule has 124 valence electrons. The van der Waals surface area contributed by atoms with Gasteiger partial charge in [0, 0.05) is 31.0 Å². The van der Waals surface area contributed by atoms with Gasteiger partial charge in [0.2, 0.25) is 0 Å². The molecule has 0 unspecified atom stereocenters. The minimum atomic E-state index is -0.440. The minimum absolute atomic E-state index is 0.318. The Labute approximate surface area is 133 Å². The average molecular weight is 307 g/mol. The summed E-state index contributed by atoms with van der Waals surface area (Å²) in [6.07, 6.45) is 3.98. The number of aromatic nitrogens is 1. The van der Waals surface area contributed by atoms with Gasteiger partial charge in [-0.15, -0.1) is 0 Å². The standard InChI is InChI=1S/C17H29N3O2/c1-13(15-8-5-9-18-15)20-10-6-7-14(12-20)11-19-16(21)22-17(2,3)4/h5,8-9,13-14,18H,6-7,10-12H2,1-4H3,(H,19,21)/t13-,14+/m1/s1. The Balaban J connectivity index is 1.80. The van der Waals surface area contributed by atoms with Gasteiger partial charge in [-0.2, -0.15) is 0 Å². The minimum Gasteiger partial charge on any atom is -0.444 e. The highest BCUT2D eigenvalue weighted by molar-refractivity contribution is 5.67. The first-order valence-corrected chi connectivity index (χ1v) is 8.19. The molecule has 0 saturated carbocycles. The van der Waals surface area contributed by atoms with Crippen LogP contribution in [0, 0.1) is 5.92 Å². The van der Waals surface area contributed by atoms with Crippen LogP contribution in [0.2, 0.25) is 0 Å². The summed E-state index contributed by atoms with van der Waals surface area (Å²) in [6, 6.07) is 4.56. The molecule has 2 atom stereocenters. The van der Waals surface area contributed by atoms with E-state index < -0.39 is 5.60 Å². The van der Waals surface area contributed by atoms with Gasteiger partial charge >= 0.3 is 6.09 Å². The Morgan fingerprint density at radius 2 is 2.32 bits per heavy atom. The van der Waals surface area contributed by atoms with Crippen LogP contribution in [0.3, 0.4) is 0 Å². The molecule has 5 nitrogen and oxygen atoms in total. The lowest BCUT2D eigenvalue weighted by atomic mass is 9.96. The van der Waals surface area contributed by atoms with Crippen LogP contribution < -0.4 is 5.32 Å². The zero-order chi connectivity index (χ0) is 16.2. The Morgan fingerprint density at radius 3 is 2.95 bits per heavy atom. The summed E-state index contributed by atoms with van der Waals surface area (Å²) in [5.41, 5.74) is 0.811. The van der Waals surface area contributed by atoms with Crippen molar-refractivity contribution >= 4 is 6.09 Å². The first kappa shape index (κ1) is 16.9. The molecule has 1 aromatic heterocycles. The van der Waals surface area contributed by atoms with Crippen LogP contribution in [-0.4, -0.2) is 41.2 Å². The molecule has 22 heavy (non-hydrogen) atoms. The van der Waals surface area contributed by atoms with Crippen molar-refractivity contribution < 1.29 is 9.53 Å². The van der Waals surface area contributed by atoms with E-state index in [1.54, 1.807) is 0 Å². The van der Waals surface area contributed by atoms with E-state index in [0.29, 0.717) is 18.5 Å². The number of rotatable bonds is 4. The van der Waals surface area contributed by atoms with E-state index in [9.17, 15) is 4.79 Å². The Hall–Kier alpha value is -1.49. The van der Waals surface area contributed by atoms with Gasteiger partial charge < -0.3 is 15.0 Å². The molecule has 1 fully saturated rings. The van der Waals surface area contributed by atoms with E-state index in [1.165, 1.54) is 12.1 Å². The molecule has 2 N–H and O–H groups in total. The number of nitrogens with zero attached hydrogens (tertiary/aromatic N) is 1. The quantitative estimate of drug-likeness (QED) is 0.897. The van der Waals surface area contributed by atoms with Crippen LogP contribution in [0.4, 0.5) is 4.79 Å². The summed E-state index contributed by atoms with van der Waals surface area (Å²) in [4.78, 5) is 17.5. The smallest absolute Gasteiger partial charge is 0.407 e. The number of amides is 1. The largest absolute Gasteiger partial charge is 0.444 e. The molecule has 0 bridgehead atoms. The first-order chi connectivity index (χ1) is 10.3. The lowest BCUT2D eigenvalue weighted by molar-refractivity contribution is 0.0500. The predicted molar refractivity (Wildman–Crippen MR) is 87.7 cm³/mol. The summed E-state index contributed by atoms with van der Waals surface area (Å²) in [6.45, 7) is 10.7. The molecule has 2 rings (SSSR count). The van der Waals surface area contributed by atoms with Gasteiger partial charge in [-0.05, 0) is 65.1 Å². The molecular weight excluding hydrogens is 278 g/mol. The highest BCUT2D eigenvalue weighted by Gasteiger charge is 2.25. The summed E-state index contributed by atoms with van der Waals surface area (Å²) < 4.78 is 5.29. The van der Waals surface area contributed by atoms with Gasteiger partial charge in [0.05, 0.1) is 0 Å². The number of hydrogen-bond donors (Lipinski definition) is 2. The van der Waals surface area contributed by atoms with E-state index >= 15 is 0 Å². The van der Waals surface area contributed by atoms with E-state index in [2.05, 4.69) is 28.2 Å². The number of nitrogens with one attached hydrogen (secondary N) is 2. The molecule has 0 radical (unpaired) electrons. The van der Waals surface area contributed by atoms with Gasteiger partial charge in [-0.1, -0.05) is 0 Å². The topological polar surface area (TPSA) is 57.4 Å². The maximum atomic E-state index is 11.8. The van der Waals surface area contributed by atoms with Crippen molar-refractivity contribution in [2.45, 2.75) is 52.2 Å². The number of ether oxygens (including phenoxy) is 1. The molecule has 1 aromatic rings. The van der Waals surface area contributed by atoms with Gasteiger partial charge in [0.1, 0.15) is 5.60 Å². The van der Waals surface area contributed by atoms with E-state index in [0.717, 1.165) is 19.5 Å². The molecule has 1 aliphatic heterocycles. The fourth-order valence-electron chi connectivity index (χ4n) is 2.96. The summed E-state index contributed by atoms with van der Waals surface area (Å²) >= 11 is 0. The second-order valence-electron chi connectivity index (χ2n) is 7.19. The van der Waals surface area contributed by atoms with Gasteiger partial charge in [0.25, 0.3) is 0 Å². The van der Waals surface area contributed by atoms with Crippen LogP contribution >= 0.6 is 0 Å². The number of carbonyl (C=O) groups excluding carboxylic acids is 1. The second-order valence-corrected chi connectivity index (χ2v) is 7.19. The van der Waals surface area contributed by atoms with Crippen molar-refractivity contribution in [1.82, 2.24) is 15.2 Å². The molecule has 1 aliphatic rings. The van der Waals surface area contributed by atoms with Crippen molar-refractivity contribution in [3.8, 4) is 0 Å². The van der Waals surface area contributed by atoms with E-state index in [-0.39, 0.29) is 6.09 Å². The number of hydrogen-bond acceptors (Lipinski definition) is 3. The SMILES string of the molecule is C[C@H](c1ccc[nH]1)N1CCC[C@@H](CNC(=O)OC(C)(C)C)C1. The number of likely N-dealkylation sites (tertiary alicyclic amines) is 1. The van der Waals surface area contributed by atoms with Crippen LogP contribution in [0.25, 0.3) is 0 Å². The van der Waals surface area contributed by atoms with Crippen molar-refractivity contribution in [1.29, 1.82) is 0 Å². The third-order valence-electron chi connectivity index (χ3n) is 4.10. The average Bonchev–Trinajstić information content (AvgIpc) is 2.97. The Bertz CT molecular complexity index is 465. The zero-order valence-electron chi connectivity index (χ0n) is 14.2. The van der Waals surface area contributed by atoms with Crippen molar-refractivity contribution in [2.24, 2.45) is 5.92 Å². The fraction of sp³-hybridized carbons (Fsp3) is 0.706. The van der Waals surface area contributed by atoms with Crippen LogP contribution in [-0.2, 0) is 4.74 Å². The Kier molecular flexibility index (Phi) is 5.51. The van der Waals surface area contributed by atoms with Crippen LogP contribution in [0.5, 0.6) is 0 Å². The van der Waals surface area contributed by atoms with Crippen molar-refractivity contribution in [3.63, 3.8) is 0 Å². The normalized spacial score (nSPS) is 21.4. The van der Waals surface area contributed by atoms with E-state index in [1.807, 2.05) is 33.0 Å². The van der Waals surface area contributed by atoms with Crippen molar-refractivity contribution in [3.05, 3.63) is 24.0 Å².